The van der Waals surface area contributed by atoms with Crippen molar-refractivity contribution in [2.45, 2.75) is 6.92 Å². The quantitative estimate of drug-likeness (QED) is 0.248. The van der Waals surface area contributed by atoms with Gasteiger partial charge in [0.25, 0.3) is 0 Å². The summed E-state index contributed by atoms with van der Waals surface area (Å²) in [7, 11) is 0. The van der Waals surface area contributed by atoms with Gasteiger partial charge >= 0.3 is 0 Å². The molecule has 4 aromatic heterocycles. The molecule has 0 fully saturated rings. The average molecular weight is 503 g/mol. The summed E-state index contributed by atoms with van der Waals surface area (Å²) < 4.78 is 6.12. The van der Waals surface area contributed by atoms with Crippen molar-refractivity contribution in [2.75, 3.05) is 11.1 Å². The number of hydrogen-bond acceptors (Lipinski definition) is 8. The molecular weight excluding hydrogens is 480 g/mol. The molecule has 0 spiro atoms. The van der Waals surface area contributed by atoms with E-state index in [1.165, 1.54) is 5.56 Å². The number of nitrogen functional groups attached to an aromatic ring is 1. The van der Waals surface area contributed by atoms with Crippen molar-refractivity contribution >= 4 is 39.4 Å². The van der Waals surface area contributed by atoms with Gasteiger partial charge in [0.15, 0.2) is 5.82 Å². The Kier molecular flexibility index (Phi) is 5.92. The maximum absolute atomic E-state index is 6.12. The van der Waals surface area contributed by atoms with E-state index in [9.17, 15) is 0 Å². The molecule has 6 rings (SSSR count). The number of hydrogen-bond donors (Lipinski definition) is 2. The molecule has 180 valence electrons. The predicted octanol–water partition coefficient (Wildman–Crippen LogP) is 7.24. The normalized spacial score (nSPS) is 10.9. The molecule has 0 atom stereocenters. The lowest BCUT2D eigenvalue weighted by atomic mass is 10.1. The SMILES string of the molecule is Cc1csc(-c2nnc(Nc3ccc(Oc4ncccc4-c4ccnc(N)c4)cc3)c3ccccc23)c1. The van der Waals surface area contributed by atoms with Gasteiger partial charge < -0.3 is 15.8 Å². The Balaban J connectivity index is 1.26. The zero-order valence-electron chi connectivity index (χ0n) is 19.9. The van der Waals surface area contributed by atoms with Crippen LogP contribution in [-0.2, 0) is 0 Å². The monoisotopic (exact) mass is 502 g/mol. The molecule has 6 aromatic rings. The van der Waals surface area contributed by atoms with Crippen LogP contribution in [0.5, 0.6) is 11.6 Å². The number of nitrogens with two attached hydrogens (primary N) is 1. The number of fused-ring (bicyclic) bond motifs is 1. The second-order valence-electron chi connectivity index (χ2n) is 8.51. The number of nitrogens with zero attached hydrogens (tertiary/aromatic N) is 4. The van der Waals surface area contributed by atoms with E-state index in [4.69, 9.17) is 10.5 Å². The highest BCUT2D eigenvalue weighted by Gasteiger charge is 2.13. The number of rotatable bonds is 6. The fourth-order valence-corrected chi connectivity index (χ4v) is 4.99. The maximum atomic E-state index is 6.12. The molecule has 7 nitrogen and oxygen atoms in total. The summed E-state index contributed by atoms with van der Waals surface area (Å²) in [6.45, 7) is 2.09. The lowest BCUT2D eigenvalue weighted by Gasteiger charge is -2.12. The molecule has 0 saturated heterocycles. The van der Waals surface area contributed by atoms with E-state index in [1.807, 2.05) is 54.6 Å². The van der Waals surface area contributed by atoms with Crippen molar-refractivity contribution < 1.29 is 4.74 Å². The summed E-state index contributed by atoms with van der Waals surface area (Å²) in [5.41, 5.74) is 10.6. The van der Waals surface area contributed by atoms with Crippen LogP contribution in [0.25, 0.3) is 32.5 Å². The number of thiophene rings is 1. The molecule has 0 unspecified atom stereocenters. The maximum Gasteiger partial charge on any atom is 0.227 e. The van der Waals surface area contributed by atoms with E-state index >= 15 is 0 Å². The van der Waals surface area contributed by atoms with E-state index in [0.717, 1.165) is 38.2 Å². The van der Waals surface area contributed by atoms with Crippen molar-refractivity contribution in [3.8, 4) is 33.3 Å². The third-order valence-corrected chi connectivity index (χ3v) is 6.90. The van der Waals surface area contributed by atoms with E-state index in [2.05, 4.69) is 56.0 Å². The molecule has 2 aromatic carbocycles. The van der Waals surface area contributed by atoms with Crippen molar-refractivity contribution in [1.29, 1.82) is 0 Å². The van der Waals surface area contributed by atoms with Gasteiger partial charge in [0, 0.05) is 34.4 Å². The number of anilines is 3. The zero-order chi connectivity index (χ0) is 25.2. The van der Waals surface area contributed by atoms with Crippen LogP contribution in [-0.4, -0.2) is 20.2 Å². The van der Waals surface area contributed by atoms with Gasteiger partial charge in [-0.05, 0) is 78.0 Å². The number of benzene rings is 2. The Morgan fingerprint density at radius 1 is 0.838 bits per heavy atom. The van der Waals surface area contributed by atoms with E-state index in [0.29, 0.717) is 23.3 Å². The van der Waals surface area contributed by atoms with Crippen LogP contribution in [0, 0.1) is 6.92 Å². The number of aryl methyl sites for hydroxylation is 1. The van der Waals surface area contributed by atoms with Crippen molar-refractivity contribution in [1.82, 2.24) is 20.2 Å². The Labute approximate surface area is 217 Å². The van der Waals surface area contributed by atoms with Crippen molar-refractivity contribution in [3.63, 3.8) is 0 Å². The van der Waals surface area contributed by atoms with Gasteiger partial charge in [0.05, 0.1) is 4.88 Å². The molecule has 4 heterocycles. The summed E-state index contributed by atoms with van der Waals surface area (Å²) >= 11 is 1.68. The van der Waals surface area contributed by atoms with Gasteiger partial charge in [-0.1, -0.05) is 24.3 Å². The molecule has 0 aliphatic carbocycles. The van der Waals surface area contributed by atoms with Crippen LogP contribution in [0.1, 0.15) is 5.56 Å². The minimum absolute atomic E-state index is 0.442. The second-order valence-corrected chi connectivity index (χ2v) is 9.42. The smallest absolute Gasteiger partial charge is 0.227 e. The van der Waals surface area contributed by atoms with Crippen molar-refractivity contribution in [2.24, 2.45) is 0 Å². The van der Waals surface area contributed by atoms with Gasteiger partial charge in [0.2, 0.25) is 5.88 Å². The van der Waals surface area contributed by atoms with Gasteiger partial charge in [-0.15, -0.1) is 21.5 Å². The van der Waals surface area contributed by atoms with Crippen LogP contribution >= 0.6 is 11.3 Å². The molecule has 0 aliphatic heterocycles. The fraction of sp³-hybridized carbons (Fsp3) is 0.0345. The lowest BCUT2D eigenvalue weighted by molar-refractivity contribution is 0.465. The summed E-state index contributed by atoms with van der Waals surface area (Å²) in [6, 6.07) is 25.5. The Morgan fingerprint density at radius 3 is 2.46 bits per heavy atom. The third kappa shape index (κ3) is 4.70. The van der Waals surface area contributed by atoms with Crippen LogP contribution in [0.4, 0.5) is 17.3 Å². The first-order valence-electron chi connectivity index (χ1n) is 11.7. The minimum Gasteiger partial charge on any atom is -0.438 e. The van der Waals surface area contributed by atoms with Gasteiger partial charge in [-0.2, -0.15) is 0 Å². The molecule has 0 bridgehead atoms. The minimum atomic E-state index is 0.442. The van der Waals surface area contributed by atoms with E-state index < -0.39 is 0 Å². The Bertz CT molecular complexity index is 1710. The highest BCUT2D eigenvalue weighted by molar-refractivity contribution is 7.13. The fourth-order valence-electron chi connectivity index (χ4n) is 4.10. The summed E-state index contributed by atoms with van der Waals surface area (Å²) in [6.07, 6.45) is 3.37. The molecule has 8 heteroatoms. The van der Waals surface area contributed by atoms with E-state index in [1.54, 1.807) is 29.8 Å². The molecule has 0 amide bonds. The van der Waals surface area contributed by atoms with Gasteiger partial charge in [-0.25, -0.2) is 9.97 Å². The highest BCUT2D eigenvalue weighted by Crippen LogP contribution is 2.35. The predicted molar refractivity (Wildman–Crippen MR) is 149 cm³/mol. The average Bonchev–Trinajstić information content (AvgIpc) is 3.36. The highest BCUT2D eigenvalue weighted by atomic mass is 32.1. The number of pyridine rings is 2. The number of nitrogens with one attached hydrogen (secondary N) is 1. The standard InChI is InChI=1S/C29H22N6OS/c1-18-15-25(37-17-18)27-23-5-2-3-6-24(23)28(35-34-27)33-20-8-10-21(11-9-20)36-29-22(7-4-13-32-29)19-12-14-31-26(30)16-19/h2-17H,1H3,(H2,30,31)(H,33,35). The zero-order valence-corrected chi connectivity index (χ0v) is 20.7. The summed E-state index contributed by atoms with van der Waals surface area (Å²) in [5.74, 6) is 2.29. The Hall–Kier alpha value is -4.82. The van der Waals surface area contributed by atoms with Crippen LogP contribution in [0.15, 0.2) is 96.6 Å². The lowest BCUT2D eigenvalue weighted by Crippen LogP contribution is -1.99. The first-order chi connectivity index (χ1) is 18.1. The Morgan fingerprint density at radius 2 is 1.68 bits per heavy atom. The first kappa shape index (κ1) is 22.6. The van der Waals surface area contributed by atoms with Crippen LogP contribution < -0.4 is 15.8 Å². The molecular formula is C29H22N6OS. The third-order valence-electron chi connectivity index (χ3n) is 5.85. The topological polar surface area (TPSA) is 98.8 Å². The second kappa shape index (κ2) is 9.67. The summed E-state index contributed by atoms with van der Waals surface area (Å²) in [4.78, 5) is 9.60. The van der Waals surface area contributed by atoms with E-state index in [-0.39, 0.29) is 0 Å². The molecule has 3 N–H and O–H groups in total. The number of aromatic nitrogens is 4. The van der Waals surface area contributed by atoms with Crippen LogP contribution in [0.2, 0.25) is 0 Å². The van der Waals surface area contributed by atoms with Crippen molar-refractivity contribution in [3.05, 3.63) is 102 Å². The molecule has 0 aliphatic rings. The number of ether oxygens (including phenoxy) is 1. The molecule has 0 radical (unpaired) electrons. The molecule has 37 heavy (non-hydrogen) atoms. The largest absolute Gasteiger partial charge is 0.438 e. The van der Waals surface area contributed by atoms with Gasteiger partial charge in [0.1, 0.15) is 17.3 Å². The molecule has 0 saturated carbocycles. The summed E-state index contributed by atoms with van der Waals surface area (Å²) in [5, 5.41) is 16.7. The van der Waals surface area contributed by atoms with Crippen LogP contribution in [0.3, 0.4) is 0 Å². The van der Waals surface area contributed by atoms with Gasteiger partial charge in [-0.3, -0.25) is 0 Å². The first-order valence-corrected chi connectivity index (χ1v) is 12.5.